The van der Waals surface area contributed by atoms with E-state index in [1.807, 2.05) is 30.3 Å². The van der Waals surface area contributed by atoms with Crippen LogP contribution in [0.15, 0.2) is 48.5 Å². The monoisotopic (exact) mass is 274 g/mol. The van der Waals surface area contributed by atoms with Gasteiger partial charge in [-0.15, -0.1) is 0 Å². The van der Waals surface area contributed by atoms with Gasteiger partial charge in [0.05, 0.1) is 12.6 Å². The Morgan fingerprint density at radius 1 is 1.15 bits per heavy atom. The SMILES string of the molecule is CCCOc1cccc(C(NN)c2cccc(F)c2)c1. The minimum absolute atomic E-state index is 0.268. The van der Waals surface area contributed by atoms with Crippen molar-refractivity contribution in [3.8, 4) is 5.75 Å². The first kappa shape index (κ1) is 14.5. The maximum atomic E-state index is 13.3. The first-order valence-corrected chi connectivity index (χ1v) is 6.69. The average molecular weight is 274 g/mol. The molecule has 0 amide bonds. The first-order valence-electron chi connectivity index (χ1n) is 6.69. The van der Waals surface area contributed by atoms with E-state index in [9.17, 15) is 4.39 Å². The lowest BCUT2D eigenvalue weighted by Gasteiger charge is -2.18. The largest absolute Gasteiger partial charge is 0.494 e. The van der Waals surface area contributed by atoms with Crippen LogP contribution in [-0.4, -0.2) is 6.61 Å². The number of nitrogens with one attached hydrogen (secondary N) is 1. The highest BCUT2D eigenvalue weighted by atomic mass is 19.1. The predicted octanol–water partition coefficient (Wildman–Crippen LogP) is 3.17. The fourth-order valence-electron chi connectivity index (χ4n) is 2.07. The number of rotatable bonds is 6. The zero-order chi connectivity index (χ0) is 14.4. The molecule has 1 atom stereocenters. The Morgan fingerprint density at radius 2 is 1.85 bits per heavy atom. The van der Waals surface area contributed by atoms with Gasteiger partial charge in [0.1, 0.15) is 11.6 Å². The number of hydrazine groups is 1. The average Bonchev–Trinajstić information content (AvgIpc) is 2.46. The second-order valence-electron chi connectivity index (χ2n) is 4.58. The fourth-order valence-corrected chi connectivity index (χ4v) is 2.07. The highest BCUT2D eigenvalue weighted by molar-refractivity contribution is 5.36. The highest BCUT2D eigenvalue weighted by Gasteiger charge is 2.13. The molecule has 0 aliphatic rings. The maximum Gasteiger partial charge on any atom is 0.123 e. The van der Waals surface area contributed by atoms with Gasteiger partial charge in [0.2, 0.25) is 0 Å². The van der Waals surface area contributed by atoms with E-state index in [2.05, 4.69) is 12.3 Å². The molecule has 0 aromatic heterocycles. The molecule has 0 saturated carbocycles. The topological polar surface area (TPSA) is 47.3 Å². The highest BCUT2D eigenvalue weighted by Crippen LogP contribution is 2.25. The lowest BCUT2D eigenvalue weighted by Crippen LogP contribution is -2.28. The van der Waals surface area contributed by atoms with Crippen molar-refractivity contribution in [2.75, 3.05) is 6.61 Å². The van der Waals surface area contributed by atoms with Crippen LogP contribution in [0.1, 0.15) is 30.5 Å². The summed E-state index contributed by atoms with van der Waals surface area (Å²) in [5, 5.41) is 0. The molecule has 2 rings (SSSR count). The van der Waals surface area contributed by atoms with Gasteiger partial charge in [-0.3, -0.25) is 5.84 Å². The summed E-state index contributed by atoms with van der Waals surface area (Å²) in [7, 11) is 0. The summed E-state index contributed by atoms with van der Waals surface area (Å²) >= 11 is 0. The molecule has 0 saturated heterocycles. The van der Waals surface area contributed by atoms with Crippen LogP contribution in [0, 0.1) is 5.82 Å². The minimum atomic E-state index is -0.277. The number of ether oxygens (including phenoxy) is 1. The van der Waals surface area contributed by atoms with Gasteiger partial charge < -0.3 is 4.74 Å². The van der Waals surface area contributed by atoms with Gasteiger partial charge in [0.25, 0.3) is 0 Å². The molecule has 4 heteroatoms. The van der Waals surface area contributed by atoms with Crippen LogP contribution in [-0.2, 0) is 0 Å². The summed E-state index contributed by atoms with van der Waals surface area (Å²) in [5.41, 5.74) is 4.44. The summed E-state index contributed by atoms with van der Waals surface area (Å²) in [5.74, 6) is 6.14. The third kappa shape index (κ3) is 3.56. The summed E-state index contributed by atoms with van der Waals surface area (Å²) in [4.78, 5) is 0. The van der Waals surface area contributed by atoms with Crippen LogP contribution < -0.4 is 16.0 Å². The van der Waals surface area contributed by atoms with E-state index >= 15 is 0 Å². The number of hydrogen-bond donors (Lipinski definition) is 2. The van der Waals surface area contributed by atoms with Gasteiger partial charge >= 0.3 is 0 Å². The first-order chi connectivity index (χ1) is 9.74. The van der Waals surface area contributed by atoms with E-state index < -0.39 is 0 Å². The zero-order valence-electron chi connectivity index (χ0n) is 11.5. The standard InChI is InChI=1S/C16H19FN2O/c1-2-9-20-15-8-4-6-13(11-15)16(19-18)12-5-3-7-14(17)10-12/h3-8,10-11,16,19H,2,9,18H2,1H3. The molecule has 3 nitrogen and oxygen atoms in total. The van der Waals surface area contributed by atoms with Gasteiger partial charge in [-0.1, -0.05) is 31.2 Å². The molecule has 0 bridgehead atoms. The van der Waals surface area contributed by atoms with Crippen molar-refractivity contribution in [1.82, 2.24) is 5.43 Å². The fraction of sp³-hybridized carbons (Fsp3) is 0.250. The Bertz CT molecular complexity index is 560. The van der Waals surface area contributed by atoms with Crippen LogP contribution in [0.5, 0.6) is 5.75 Å². The molecule has 1 unspecified atom stereocenters. The minimum Gasteiger partial charge on any atom is -0.494 e. The van der Waals surface area contributed by atoms with Gasteiger partial charge in [0, 0.05) is 0 Å². The molecule has 0 spiro atoms. The van der Waals surface area contributed by atoms with Crippen LogP contribution >= 0.6 is 0 Å². The quantitative estimate of drug-likeness (QED) is 0.628. The third-order valence-electron chi connectivity index (χ3n) is 3.01. The Labute approximate surface area is 118 Å². The smallest absolute Gasteiger partial charge is 0.123 e. The summed E-state index contributed by atoms with van der Waals surface area (Å²) in [6.07, 6.45) is 0.951. The van der Waals surface area contributed by atoms with Crippen molar-refractivity contribution in [3.63, 3.8) is 0 Å². The number of hydrogen-bond acceptors (Lipinski definition) is 3. The van der Waals surface area contributed by atoms with Gasteiger partial charge in [-0.05, 0) is 41.8 Å². The lowest BCUT2D eigenvalue weighted by atomic mass is 9.99. The second kappa shape index (κ2) is 7.03. The number of benzene rings is 2. The van der Waals surface area contributed by atoms with E-state index in [1.165, 1.54) is 12.1 Å². The van der Waals surface area contributed by atoms with Crippen molar-refractivity contribution < 1.29 is 9.13 Å². The van der Waals surface area contributed by atoms with Crippen molar-refractivity contribution >= 4 is 0 Å². The Kier molecular flexibility index (Phi) is 5.09. The van der Waals surface area contributed by atoms with Crippen molar-refractivity contribution in [1.29, 1.82) is 0 Å². The molecule has 0 radical (unpaired) electrons. The number of halogens is 1. The van der Waals surface area contributed by atoms with Crippen molar-refractivity contribution in [3.05, 3.63) is 65.5 Å². The molecule has 0 fully saturated rings. The van der Waals surface area contributed by atoms with Gasteiger partial charge in [-0.2, -0.15) is 0 Å². The van der Waals surface area contributed by atoms with Crippen LogP contribution in [0.25, 0.3) is 0 Å². The van der Waals surface area contributed by atoms with Crippen molar-refractivity contribution in [2.45, 2.75) is 19.4 Å². The molecule has 2 aromatic carbocycles. The molecule has 0 aliphatic heterocycles. The zero-order valence-corrected chi connectivity index (χ0v) is 11.5. The predicted molar refractivity (Wildman–Crippen MR) is 77.8 cm³/mol. The lowest BCUT2D eigenvalue weighted by molar-refractivity contribution is 0.317. The molecule has 0 aliphatic carbocycles. The molecule has 106 valence electrons. The van der Waals surface area contributed by atoms with Crippen molar-refractivity contribution in [2.24, 2.45) is 5.84 Å². The van der Waals surface area contributed by atoms with E-state index in [0.29, 0.717) is 6.61 Å². The Morgan fingerprint density at radius 3 is 2.50 bits per heavy atom. The van der Waals surface area contributed by atoms with Gasteiger partial charge in [-0.25, -0.2) is 9.82 Å². The van der Waals surface area contributed by atoms with E-state index in [-0.39, 0.29) is 11.9 Å². The molecule has 0 heterocycles. The van der Waals surface area contributed by atoms with Crippen LogP contribution in [0.2, 0.25) is 0 Å². The van der Waals surface area contributed by atoms with E-state index in [0.717, 1.165) is 23.3 Å². The van der Waals surface area contributed by atoms with Crippen LogP contribution in [0.3, 0.4) is 0 Å². The molecule has 2 aromatic rings. The van der Waals surface area contributed by atoms with E-state index in [1.54, 1.807) is 6.07 Å². The maximum absolute atomic E-state index is 13.3. The number of nitrogens with two attached hydrogens (primary N) is 1. The molecule has 20 heavy (non-hydrogen) atoms. The van der Waals surface area contributed by atoms with Gasteiger partial charge in [0.15, 0.2) is 0 Å². The third-order valence-corrected chi connectivity index (χ3v) is 3.01. The second-order valence-corrected chi connectivity index (χ2v) is 4.58. The van der Waals surface area contributed by atoms with Crippen LogP contribution in [0.4, 0.5) is 4.39 Å². The summed E-state index contributed by atoms with van der Waals surface area (Å²) in [6, 6.07) is 13.8. The normalized spacial score (nSPS) is 12.2. The molecular weight excluding hydrogens is 255 g/mol. The summed E-state index contributed by atoms with van der Waals surface area (Å²) in [6.45, 7) is 2.73. The Hall–Kier alpha value is -1.91. The summed E-state index contributed by atoms with van der Waals surface area (Å²) < 4.78 is 18.9. The molecular formula is C16H19FN2O. The molecule has 3 N–H and O–H groups in total. The van der Waals surface area contributed by atoms with E-state index in [4.69, 9.17) is 10.6 Å². The Balaban J connectivity index is 2.27.